The lowest BCUT2D eigenvalue weighted by atomic mass is 10.2. The molecule has 0 aliphatic rings. The normalized spacial score (nSPS) is 12.0. The Bertz CT molecular complexity index is 1230. The van der Waals surface area contributed by atoms with E-state index < -0.39 is 28.0 Å². The van der Waals surface area contributed by atoms with Crippen molar-refractivity contribution in [3.05, 3.63) is 90.3 Å². The van der Waals surface area contributed by atoms with Crippen LogP contribution in [0.3, 0.4) is 0 Å². The number of nitrogens with zero attached hydrogens (tertiary/aromatic N) is 1. The van der Waals surface area contributed by atoms with Gasteiger partial charge in [-0.2, -0.15) is 0 Å². The molecular weight excluding hydrogens is 459 g/mol. The van der Waals surface area contributed by atoms with Gasteiger partial charge in [-0.25, -0.2) is 13.1 Å². The molecule has 33 heavy (non-hydrogen) atoms. The van der Waals surface area contributed by atoms with E-state index in [-0.39, 0.29) is 17.0 Å². The molecule has 3 aromatic rings. The first kappa shape index (κ1) is 24.0. The second-order valence-electron chi connectivity index (χ2n) is 6.65. The van der Waals surface area contributed by atoms with Crippen LogP contribution in [0.1, 0.15) is 11.1 Å². The highest BCUT2D eigenvalue weighted by molar-refractivity contribution is 7.89. The molecule has 1 heterocycles. The standard InChI is InChI=1S/C22H18F3N3O4S/c23-22(24,25)32-19-3-1-2-17(14-19)15-27-33(30,31)20-7-5-18(6-8-20)28-21(29)9-4-16-10-12-26-13-11-16/h1-14,27H,15H2,(H,28,29)/b9-4+. The molecule has 0 saturated carbocycles. The van der Waals surface area contributed by atoms with Crippen LogP contribution in [0.5, 0.6) is 5.75 Å². The zero-order valence-electron chi connectivity index (χ0n) is 16.9. The fraction of sp³-hybridized carbons (Fsp3) is 0.0909. The average Bonchev–Trinajstić information content (AvgIpc) is 2.77. The second-order valence-corrected chi connectivity index (χ2v) is 8.41. The fourth-order valence-corrected chi connectivity index (χ4v) is 3.68. The Kier molecular flexibility index (Phi) is 7.46. The lowest BCUT2D eigenvalue weighted by Crippen LogP contribution is -2.23. The number of hydrogen-bond donors (Lipinski definition) is 2. The number of ether oxygens (including phenoxy) is 1. The van der Waals surface area contributed by atoms with E-state index in [0.717, 1.165) is 17.7 Å². The first-order valence-electron chi connectivity index (χ1n) is 9.44. The Morgan fingerprint density at radius 2 is 1.73 bits per heavy atom. The third-order valence-corrected chi connectivity index (χ3v) is 5.58. The molecule has 0 spiro atoms. The zero-order valence-corrected chi connectivity index (χ0v) is 17.7. The summed E-state index contributed by atoms with van der Waals surface area (Å²) in [6.07, 6.45) is 1.28. The summed E-state index contributed by atoms with van der Waals surface area (Å²) >= 11 is 0. The van der Waals surface area contributed by atoms with Crippen LogP contribution in [-0.4, -0.2) is 25.7 Å². The highest BCUT2D eigenvalue weighted by Crippen LogP contribution is 2.23. The van der Waals surface area contributed by atoms with Crippen molar-refractivity contribution in [2.45, 2.75) is 17.8 Å². The molecule has 0 unspecified atom stereocenters. The number of rotatable bonds is 8. The molecule has 11 heteroatoms. The fourth-order valence-electron chi connectivity index (χ4n) is 2.66. The highest BCUT2D eigenvalue weighted by atomic mass is 32.2. The molecule has 0 radical (unpaired) electrons. The number of sulfonamides is 1. The van der Waals surface area contributed by atoms with Crippen molar-refractivity contribution in [1.29, 1.82) is 0 Å². The van der Waals surface area contributed by atoms with Gasteiger partial charge in [0, 0.05) is 30.7 Å². The maximum Gasteiger partial charge on any atom is 0.573 e. The van der Waals surface area contributed by atoms with Crippen LogP contribution in [0.2, 0.25) is 0 Å². The largest absolute Gasteiger partial charge is 0.573 e. The molecule has 3 rings (SSSR count). The summed E-state index contributed by atoms with van der Waals surface area (Å²) in [7, 11) is -3.94. The minimum Gasteiger partial charge on any atom is -0.406 e. The molecule has 172 valence electrons. The summed E-state index contributed by atoms with van der Waals surface area (Å²) in [5.41, 5.74) is 1.46. The number of carbonyl (C=O) groups is 1. The quantitative estimate of drug-likeness (QED) is 0.476. The van der Waals surface area contributed by atoms with Crippen LogP contribution in [0.25, 0.3) is 6.08 Å². The molecule has 7 nitrogen and oxygen atoms in total. The van der Waals surface area contributed by atoms with E-state index in [9.17, 15) is 26.4 Å². The molecule has 0 aliphatic carbocycles. The molecule has 2 N–H and O–H groups in total. The van der Waals surface area contributed by atoms with Crippen LogP contribution in [-0.2, 0) is 21.4 Å². The third-order valence-electron chi connectivity index (χ3n) is 4.16. The summed E-state index contributed by atoms with van der Waals surface area (Å²) in [6.45, 7) is -0.240. The number of carbonyl (C=O) groups excluding carboxylic acids is 1. The van der Waals surface area contributed by atoms with E-state index in [2.05, 4.69) is 19.8 Å². The number of amides is 1. The van der Waals surface area contributed by atoms with Gasteiger partial charge in [0.2, 0.25) is 15.9 Å². The number of alkyl halides is 3. The summed E-state index contributed by atoms with van der Waals surface area (Å²) in [5, 5.41) is 2.61. The molecular formula is C22H18F3N3O4S. The minimum atomic E-state index is -4.84. The number of anilines is 1. The Hall–Kier alpha value is -3.70. The Morgan fingerprint density at radius 1 is 1.03 bits per heavy atom. The third kappa shape index (κ3) is 7.74. The summed E-state index contributed by atoms with van der Waals surface area (Å²) in [6, 6.07) is 13.9. The molecule has 0 fully saturated rings. The van der Waals surface area contributed by atoms with Gasteiger partial charge < -0.3 is 10.1 Å². The van der Waals surface area contributed by atoms with Gasteiger partial charge in [-0.15, -0.1) is 13.2 Å². The smallest absolute Gasteiger partial charge is 0.406 e. The molecule has 0 atom stereocenters. The lowest BCUT2D eigenvalue weighted by Gasteiger charge is -2.11. The number of halogens is 3. The van der Waals surface area contributed by atoms with Gasteiger partial charge in [-0.1, -0.05) is 12.1 Å². The van der Waals surface area contributed by atoms with Gasteiger partial charge in [0.25, 0.3) is 0 Å². The van der Waals surface area contributed by atoms with Crippen LogP contribution >= 0.6 is 0 Å². The van der Waals surface area contributed by atoms with Crippen molar-refractivity contribution in [2.75, 3.05) is 5.32 Å². The minimum absolute atomic E-state index is 0.0736. The Labute approximate surface area is 188 Å². The molecule has 0 bridgehead atoms. The molecule has 0 saturated heterocycles. The summed E-state index contributed by atoms with van der Waals surface area (Å²) in [5.74, 6) is -0.848. The van der Waals surface area contributed by atoms with Crippen molar-refractivity contribution in [1.82, 2.24) is 9.71 Å². The van der Waals surface area contributed by atoms with Crippen molar-refractivity contribution in [2.24, 2.45) is 0 Å². The van der Waals surface area contributed by atoms with Crippen LogP contribution < -0.4 is 14.8 Å². The number of pyridine rings is 1. The summed E-state index contributed by atoms with van der Waals surface area (Å²) < 4.78 is 68.1. The maximum atomic E-state index is 12.5. The topological polar surface area (TPSA) is 97.4 Å². The van der Waals surface area contributed by atoms with Gasteiger partial charge >= 0.3 is 6.36 Å². The Balaban J connectivity index is 1.59. The molecule has 2 aromatic carbocycles. The van der Waals surface area contributed by atoms with Gasteiger partial charge in [0.1, 0.15) is 5.75 Å². The number of aromatic nitrogens is 1. The Morgan fingerprint density at radius 3 is 2.39 bits per heavy atom. The van der Waals surface area contributed by atoms with Gasteiger partial charge in [0.15, 0.2) is 0 Å². The van der Waals surface area contributed by atoms with E-state index in [1.807, 2.05) is 0 Å². The van der Waals surface area contributed by atoms with E-state index in [4.69, 9.17) is 0 Å². The van der Waals surface area contributed by atoms with Crippen molar-refractivity contribution in [3.8, 4) is 5.75 Å². The molecule has 1 aromatic heterocycles. The van der Waals surface area contributed by atoms with E-state index in [1.54, 1.807) is 30.6 Å². The number of benzene rings is 2. The van der Waals surface area contributed by atoms with Gasteiger partial charge in [0.05, 0.1) is 4.90 Å². The predicted octanol–water partition coefficient (Wildman–Crippen LogP) is 4.11. The summed E-state index contributed by atoms with van der Waals surface area (Å²) in [4.78, 5) is 15.8. The highest BCUT2D eigenvalue weighted by Gasteiger charge is 2.31. The number of nitrogens with one attached hydrogen (secondary N) is 2. The first-order valence-corrected chi connectivity index (χ1v) is 10.9. The van der Waals surface area contributed by atoms with E-state index in [0.29, 0.717) is 5.69 Å². The molecule has 0 aliphatic heterocycles. The molecule has 1 amide bonds. The maximum absolute atomic E-state index is 12.5. The van der Waals surface area contributed by atoms with Crippen LogP contribution in [0.4, 0.5) is 18.9 Å². The van der Waals surface area contributed by atoms with Crippen molar-refractivity contribution in [3.63, 3.8) is 0 Å². The average molecular weight is 477 g/mol. The van der Waals surface area contributed by atoms with Gasteiger partial charge in [-0.05, 0) is 65.7 Å². The van der Waals surface area contributed by atoms with Crippen molar-refractivity contribution >= 4 is 27.7 Å². The zero-order chi connectivity index (χ0) is 23.9. The lowest BCUT2D eigenvalue weighted by molar-refractivity contribution is -0.274. The monoisotopic (exact) mass is 477 g/mol. The van der Waals surface area contributed by atoms with Gasteiger partial charge in [-0.3, -0.25) is 9.78 Å². The van der Waals surface area contributed by atoms with Crippen LogP contribution in [0.15, 0.2) is 84.0 Å². The van der Waals surface area contributed by atoms with Crippen molar-refractivity contribution < 1.29 is 31.1 Å². The van der Waals surface area contributed by atoms with E-state index >= 15 is 0 Å². The van der Waals surface area contributed by atoms with E-state index in [1.165, 1.54) is 42.5 Å². The SMILES string of the molecule is O=C(/C=C/c1ccncc1)Nc1ccc(S(=O)(=O)NCc2cccc(OC(F)(F)F)c2)cc1. The predicted molar refractivity (Wildman–Crippen MR) is 115 cm³/mol. The number of hydrogen-bond acceptors (Lipinski definition) is 5. The second kappa shape index (κ2) is 10.3. The van der Waals surface area contributed by atoms with Crippen LogP contribution in [0, 0.1) is 0 Å². The first-order chi connectivity index (χ1) is 15.6.